The Morgan fingerprint density at radius 3 is 2.96 bits per heavy atom. The average molecular weight is 388 g/mol. The minimum absolute atomic E-state index is 0.124. The van der Waals surface area contributed by atoms with Crippen molar-refractivity contribution in [3.63, 3.8) is 0 Å². The number of anilines is 2. The second kappa shape index (κ2) is 9.40. The number of hydrogen-bond donors (Lipinski definition) is 2. The van der Waals surface area contributed by atoms with Gasteiger partial charge in [-0.1, -0.05) is 18.3 Å². The van der Waals surface area contributed by atoms with Crippen molar-refractivity contribution in [1.29, 1.82) is 0 Å². The number of aromatic nitrogens is 3. The van der Waals surface area contributed by atoms with Gasteiger partial charge >= 0.3 is 0 Å². The molecule has 1 fully saturated rings. The SMILES string of the molecule is CCCC(=O)NCC1CCCN(c2ccc(C(=O)Nc3nncs3)cn2)C1. The molecule has 0 aliphatic carbocycles. The highest BCUT2D eigenvalue weighted by molar-refractivity contribution is 7.13. The molecule has 3 heterocycles. The van der Waals surface area contributed by atoms with Gasteiger partial charge in [0.1, 0.15) is 11.3 Å². The number of nitrogens with one attached hydrogen (secondary N) is 2. The minimum Gasteiger partial charge on any atom is -0.356 e. The standard InChI is InChI=1S/C18H24N6O2S/c1-2-4-16(25)20-9-13-5-3-8-24(11-13)15-7-6-14(10-19-15)17(26)22-18-23-21-12-27-18/h6-7,10,12-13H,2-5,8-9,11H2,1H3,(H,20,25)(H,22,23,26). The summed E-state index contributed by atoms with van der Waals surface area (Å²) in [5.74, 6) is 1.15. The van der Waals surface area contributed by atoms with Crippen molar-refractivity contribution in [3.05, 3.63) is 29.4 Å². The molecule has 1 aliphatic rings. The van der Waals surface area contributed by atoms with E-state index in [1.165, 1.54) is 11.3 Å². The zero-order chi connectivity index (χ0) is 19.1. The van der Waals surface area contributed by atoms with Gasteiger partial charge in [-0.15, -0.1) is 10.2 Å². The smallest absolute Gasteiger partial charge is 0.259 e. The third kappa shape index (κ3) is 5.46. The molecule has 0 spiro atoms. The number of nitrogens with zero attached hydrogens (tertiary/aromatic N) is 4. The van der Waals surface area contributed by atoms with Crippen LogP contribution >= 0.6 is 11.3 Å². The molecule has 2 aromatic rings. The average Bonchev–Trinajstić information content (AvgIpc) is 3.20. The molecule has 0 aromatic carbocycles. The molecular formula is C18H24N6O2S. The number of pyridine rings is 1. The predicted molar refractivity (Wildman–Crippen MR) is 105 cm³/mol. The van der Waals surface area contributed by atoms with Crippen LogP contribution in [-0.2, 0) is 4.79 Å². The van der Waals surface area contributed by atoms with Gasteiger partial charge in [-0.3, -0.25) is 14.9 Å². The van der Waals surface area contributed by atoms with Crippen LogP contribution in [-0.4, -0.2) is 46.6 Å². The monoisotopic (exact) mass is 388 g/mol. The molecule has 9 heteroatoms. The first-order valence-electron chi connectivity index (χ1n) is 9.21. The van der Waals surface area contributed by atoms with Crippen molar-refractivity contribution in [3.8, 4) is 0 Å². The maximum Gasteiger partial charge on any atom is 0.259 e. The number of hydrogen-bond acceptors (Lipinski definition) is 7. The first kappa shape index (κ1) is 19.2. The summed E-state index contributed by atoms with van der Waals surface area (Å²) in [5.41, 5.74) is 2.04. The van der Waals surface area contributed by atoms with E-state index in [1.54, 1.807) is 17.8 Å². The maximum atomic E-state index is 12.2. The molecule has 3 rings (SSSR count). The Balaban J connectivity index is 1.54. The predicted octanol–water partition coefficient (Wildman–Crippen LogP) is 2.32. The Morgan fingerprint density at radius 2 is 2.26 bits per heavy atom. The van der Waals surface area contributed by atoms with Gasteiger partial charge < -0.3 is 10.2 Å². The Hall–Kier alpha value is -2.55. The lowest BCUT2D eigenvalue weighted by Crippen LogP contribution is -2.41. The summed E-state index contributed by atoms with van der Waals surface area (Å²) in [6, 6.07) is 3.64. The van der Waals surface area contributed by atoms with Crippen LogP contribution in [0.2, 0.25) is 0 Å². The van der Waals surface area contributed by atoms with Crippen molar-refractivity contribution >= 4 is 34.1 Å². The third-order valence-electron chi connectivity index (χ3n) is 4.50. The van der Waals surface area contributed by atoms with Gasteiger partial charge in [0, 0.05) is 32.3 Å². The van der Waals surface area contributed by atoms with E-state index in [0.717, 1.165) is 38.2 Å². The number of rotatable bonds is 7. The number of piperidine rings is 1. The molecule has 2 amide bonds. The number of carbonyl (C=O) groups is 2. The molecule has 144 valence electrons. The van der Waals surface area contributed by atoms with Crippen molar-refractivity contribution in [2.45, 2.75) is 32.6 Å². The topological polar surface area (TPSA) is 100 Å². The molecule has 1 aliphatic heterocycles. The minimum atomic E-state index is -0.249. The van der Waals surface area contributed by atoms with Crippen molar-refractivity contribution in [2.75, 3.05) is 29.9 Å². The van der Waals surface area contributed by atoms with Crippen molar-refractivity contribution < 1.29 is 9.59 Å². The zero-order valence-electron chi connectivity index (χ0n) is 15.4. The fourth-order valence-corrected chi connectivity index (χ4v) is 3.56. The van der Waals surface area contributed by atoms with E-state index in [0.29, 0.717) is 29.6 Å². The molecule has 27 heavy (non-hydrogen) atoms. The van der Waals surface area contributed by atoms with Gasteiger partial charge in [0.25, 0.3) is 5.91 Å². The fraction of sp³-hybridized carbons (Fsp3) is 0.500. The van der Waals surface area contributed by atoms with Crippen LogP contribution in [0.4, 0.5) is 10.9 Å². The Labute approximate surface area is 162 Å². The van der Waals surface area contributed by atoms with Crippen LogP contribution in [0.1, 0.15) is 43.0 Å². The first-order valence-corrected chi connectivity index (χ1v) is 10.1. The lowest BCUT2D eigenvalue weighted by atomic mass is 9.98. The number of carbonyl (C=O) groups excluding carboxylic acids is 2. The highest BCUT2D eigenvalue weighted by Crippen LogP contribution is 2.21. The quantitative estimate of drug-likeness (QED) is 0.755. The normalized spacial score (nSPS) is 16.8. The highest BCUT2D eigenvalue weighted by Gasteiger charge is 2.21. The van der Waals surface area contributed by atoms with Crippen molar-refractivity contribution in [1.82, 2.24) is 20.5 Å². The summed E-state index contributed by atoms with van der Waals surface area (Å²) in [5, 5.41) is 13.7. The van der Waals surface area contributed by atoms with Crippen LogP contribution in [0, 0.1) is 5.92 Å². The van der Waals surface area contributed by atoms with Gasteiger partial charge in [-0.05, 0) is 37.3 Å². The summed E-state index contributed by atoms with van der Waals surface area (Å²) in [4.78, 5) is 30.5. The van der Waals surface area contributed by atoms with Gasteiger partial charge in [0.05, 0.1) is 5.56 Å². The molecule has 1 unspecified atom stereocenters. The highest BCUT2D eigenvalue weighted by atomic mass is 32.1. The Bertz CT molecular complexity index is 750. The Morgan fingerprint density at radius 1 is 1.37 bits per heavy atom. The molecule has 2 aromatic heterocycles. The molecule has 2 N–H and O–H groups in total. The summed E-state index contributed by atoms with van der Waals surface area (Å²) in [7, 11) is 0. The van der Waals surface area contributed by atoms with E-state index in [9.17, 15) is 9.59 Å². The lowest BCUT2D eigenvalue weighted by Gasteiger charge is -2.33. The molecule has 0 radical (unpaired) electrons. The summed E-state index contributed by atoms with van der Waals surface area (Å²) >= 11 is 1.27. The van der Waals surface area contributed by atoms with Crippen LogP contribution in [0.3, 0.4) is 0 Å². The zero-order valence-corrected chi connectivity index (χ0v) is 16.2. The van der Waals surface area contributed by atoms with E-state index < -0.39 is 0 Å². The first-order chi connectivity index (χ1) is 13.2. The van der Waals surface area contributed by atoms with Crippen LogP contribution in [0.15, 0.2) is 23.8 Å². The summed E-state index contributed by atoms with van der Waals surface area (Å²) in [6.07, 6.45) is 5.20. The second-order valence-electron chi connectivity index (χ2n) is 6.61. The van der Waals surface area contributed by atoms with E-state index in [1.807, 2.05) is 13.0 Å². The van der Waals surface area contributed by atoms with E-state index in [-0.39, 0.29) is 11.8 Å². The largest absolute Gasteiger partial charge is 0.356 e. The summed E-state index contributed by atoms with van der Waals surface area (Å²) in [6.45, 7) is 4.50. The number of amides is 2. The fourth-order valence-electron chi connectivity index (χ4n) is 3.12. The molecule has 0 bridgehead atoms. The molecule has 8 nitrogen and oxygen atoms in total. The molecular weight excluding hydrogens is 364 g/mol. The van der Waals surface area contributed by atoms with E-state index in [4.69, 9.17) is 0 Å². The van der Waals surface area contributed by atoms with Gasteiger partial charge in [0.2, 0.25) is 11.0 Å². The van der Waals surface area contributed by atoms with Gasteiger partial charge in [-0.2, -0.15) is 0 Å². The van der Waals surface area contributed by atoms with Crippen LogP contribution in [0.5, 0.6) is 0 Å². The van der Waals surface area contributed by atoms with E-state index >= 15 is 0 Å². The molecule has 1 saturated heterocycles. The lowest BCUT2D eigenvalue weighted by molar-refractivity contribution is -0.121. The maximum absolute atomic E-state index is 12.2. The molecule has 0 saturated carbocycles. The Kier molecular flexibility index (Phi) is 6.69. The van der Waals surface area contributed by atoms with Crippen molar-refractivity contribution in [2.24, 2.45) is 5.92 Å². The second-order valence-corrected chi connectivity index (χ2v) is 7.44. The van der Waals surface area contributed by atoms with Gasteiger partial charge in [-0.25, -0.2) is 4.98 Å². The third-order valence-corrected chi connectivity index (χ3v) is 5.11. The van der Waals surface area contributed by atoms with Crippen LogP contribution in [0.25, 0.3) is 0 Å². The summed E-state index contributed by atoms with van der Waals surface area (Å²) < 4.78 is 0. The molecule has 1 atom stereocenters. The van der Waals surface area contributed by atoms with Gasteiger partial charge in [0.15, 0.2) is 0 Å². The van der Waals surface area contributed by atoms with Crippen LogP contribution < -0.4 is 15.5 Å². The van der Waals surface area contributed by atoms with E-state index in [2.05, 4.69) is 30.7 Å².